The molecule has 23 heavy (non-hydrogen) atoms. The molecule has 2 aromatic heterocycles. The zero-order valence-corrected chi connectivity index (χ0v) is 14.4. The minimum absolute atomic E-state index is 0.105. The van der Waals surface area contributed by atoms with Crippen LogP contribution in [0.3, 0.4) is 0 Å². The molecule has 1 atom stereocenters. The molecular weight excluding hydrogens is 338 g/mol. The van der Waals surface area contributed by atoms with Crippen LogP contribution in [-0.4, -0.2) is 55.4 Å². The number of thiophene rings is 1. The van der Waals surface area contributed by atoms with Crippen molar-refractivity contribution in [3.63, 3.8) is 0 Å². The van der Waals surface area contributed by atoms with Crippen LogP contribution in [-0.2, 0) is 14.6 Å². The molecule has 0 spiro atoms. The summed E-state index contributed by atoms with van der Waals surface area (Å²) in [4.78, 5) is 15.2. The van der Waals surface area contributed by atoms with Gasteiger partial charge in [0.1, 0.15) is 4.90 Å². The van der Waals surface area contributed by atoms with Gasteiger partial charge in [0.2, 0.25) is 0 Å². The van der Waals surface area contributed by atoms with Crippen LogP contribution in [0, 0.1) is 6.92 Å². The van der Waals surface area contributed by atoms with Crippen LogP contribution >= 0.6 is 11.3 Å². The van der Waals surface area contributed by atoms with Crippen molar-refractivity contribution in [2.75, 3.05) is 26.0 Å². The summed E-state index contributed by atoms with van der Waals surface area (Å²) in [6.07, 6.45) is 2.40. The molecular formula is C14H17N3O4S2. The average Bonchev–Trinajstić information content (AvgIpc) is 3.14. The highest BCUT2D eigenvalue weighted by atomic mass is 32.2. The Labute approximate surface area is 138 Å². The quantitative estimate of drug-likeness (QED) is 0.898. The highest BCUT2D eigenvalue weighted by Crippen LogP contribution is 2.30. The van der Waals surface area contributed by atoms with Crippen molar-refractivity contribution in [1.29, 1.82) is 0 Å². The van der Waals surface area contributed by atoms with Crippen molar-refractivity contribution in [2.24, 2.45) is 0 Å². The van der Waals surface area contributed by atoms with E-state index in [-0.39, 0.29) is 17.4 Å². The predicted molar refractivity (Wildman–Crippen MR) is 85.4 cm³/mol. The van der Waals surface area contributed by atoms with Crippen molar-refractivity contribution in [3.05, 3.63) is 33.8 Å². The minimum atomic E-state index is -3.43. The molecule has 1 N–H and O–H groups in total. The van der Waals surface area contributed by atoms with Gasteiger partial charge in [0.05, 0.1) is 36.0 Å². The highest BCUT2D eigenvalue weighted by Gasteiger charge is 2.34. The maximum absolute atomic E-state index is 12.8. The van der Waals surface area contributed by atoms with Gasteiger partial charge in [-0.25, -0.2) is 8.42 Å². The molecule has 124 valence electrons. The summed E-state index contributed by atoms with van der Waals surface area (Å²) in [6, 6.07) is 1.34. The summed E-state index contributed by atoms with van der Waals surface area (Å²) in [6.45, 7) is 3.00. The molecule has 1 saturated heterocycles. The summed E-state index contributed by atoms with van der Waals surface area (Å²) < 4.78 is 29.3. The zero-order valence-electron chi connectivity index (χ0n) is 12.8. The molecule has 9 heteroatoms. The Hall–Kier alpha value is -1.71. The van der Waals surface area contributed by atoms with Crippen LogP contribution in [0.2, 0.25) is 0 Å². The third kappa shape index (κ3) is 3.17. The number of H-pyrrole nitrogens is 1. The van der Waals surface area contributed by atoms with E-state index in [1.165, 1.54) is 17.5 Å². The van der Waals surface area contributed by atoms with Gasteiger partial charge >= 0.3 is 0 Å². The first-order valence-electron chi connectivity index (χ1n) is 7.05. The van der Waals surface area contributed by atoms with Gasteiger partial charge in [-0.2, -0.15) is 5.10 Å². The van der Waals surface area contributed by atoms with Gasteiger partial charge in [0.25, 0.3) is 5.91 Å². The lowest BCUT2D eigenvalue weighted by Crippen LogP contribution is -2.43. The lowest BCUT2D eigenvalue weighted by molar-refractivity contribution is -0.00442. The number of hydrogen-bond acceptors (Lipinski definition) is 6. The fourth-order valence-electron chi connectivity index (χ4n) is 2.59. The van der Waals surface area contributed by atoms with Crippen LogP contribution in [0.25, 0.3) is 0 Å². The fraction of sp³-hybridized carbons (Fsp3) is 0.429. The lowest BCUT2D eigenvalue weighted by atomic mass is 10.1. The van der Waals surface area contributed by atoms with Crippen LogP contribution in [0.5, 0.6) is 0 Å². The first-order chi connectivity index (χ1) is 10.9. The SMILES string of the molecule is Cc1csc(C(=O)N2CCOCC2c2[nH]ncc2S(C)(=O)=O)c1. The average molecular weight is 355 g/mol. The van der Waals surface area contributed by atoms with Gasteiger partial charge in [0, 0.05) is 12.8 Å². The van der Waals surface area contributed by atoms with E-state index in [9.17, 15) is 13.2 Å². The fourth-order valence-corrected chi connectivity index (χ4v) is 4.27. The second-order valence-corrected chi connectivity index (χ2v) is 8.39. The highest BCUT2D eigenvalue weighted by molar-refractivity contribution is 7.90. The molecule has 7 nitrogen and oxygen atoms in total. The number of morpholine rings is 1. The molecule has 0 saturated carbocycles. The number of carbonyl (C=O) groups excluding carboxylic acids is 1. The second-order valence-electron chi connectivity index (χ2n) is 5.50. The largest absolute Gasteiger partial charge is 0.377 e. The normalized spacial score (nSPS) is 19.0. The van der Waals surface area contributed by atoms with E-state index in [1.54, 1.807) is 4.90 Å². The maximum atomic E-state index is 12.8. The third-order valence-corrected chi connectivity index (χ3v) is 5.86. The molecule has 1 unspecified atom stereocenters. The van der Waals surface area contributed by atoms with Gasteiger partial charge in [-0.3, -0.25) is 9.89 Å². The van der Waals surface area contributed by atoms with Crippen LogP contribution in [0.15, 0.2) is 22.5 Å². The summed E-state index contributed by atoms with van der Waals surface area (Å²) in [5, 5.41) is 8.48. The number of nitrogens with zero attached hydrogens (tertiary/aromatic N) is 2. The number of aromatic nitrogens is 2. The minimum Gasteiger partial charge on any atom is -0.377 e. The smallest absolute Gasteiger partial charge is 0.264 e. The number of ether oxygens (including phenoxy) is 1. The first kappa shape index (κ1) is 16.2. The predicted octanol–water partition coefficient (Wildman–Crippen LogP) is 1.40. The Morgan fingerprint density at radius 2 is 2.30 bits per heavy atom. The Balaban J connectivity index is 1.97. The molecule has 2 aromatic rings. The zero-order chi connectivity index (χ0) is 16.6. The maximum Gasteiger partial charge on any atom is 0.264 e. The first-order valence-corrected chi connectivity index (χ1v) is 9.82. The number of aryl methyl sites for hydroxylation is 1. The van der Waals surface area contributed by atoms with Gasteiger partial charge < -0.3 is 9.64 Å². The van der Waals surface area contributed by atoms with E-state index < -0.39 is 15.9 Å². The number of hydrogen-bond donors (Lipinski definition) is 1. The molecule has 3 rings (SSSR count). The van der Waals surface area contributed by atoms with E-state index >= 15 is 0 Å². The Bertz CT molecular complexity index is 825. The molecule has 3 heterocycles. The van der Waals surface area contributed by atoms with Crippen molar-refractivity contribution in [3.8, 4) is 0 Å². The van der Waals surface area contributed by atoms with E-state index in [2.05, 4.69) is 10.2 Å². The monoisotopic (exact) mass is 355 g/mol. The van der Waals surface area contributed by atoms with Gasteiger partial charge in [-0.15, -0.1) is 11.3 Å². The Morgan fingerprint density at radius 3 is 2.96 bits per heavy atom. The van der Waals surface area contributed by atoms with Gasteiger partial charge in [-0.1, -0.05) is 0 Å². The molecule has 1 fully saturated rings. The molecule has 0 bridgehead atoms. The summed E-state index contributed by atoms with van der Waals surface area (Å²) in [7, 11) is -3.43. The van der Waals surface area contributed by atoms with Gasteiger partial charge in [-0.05, 0) is 23.9 Å². The van der Waals surface area contributed by atoms with Crippen LogP contribution in [0.4, 0.5) is 0 Å². The summed E-state index contributed by atoms with van der Waals surface area (Å²) >= 11 is 1.38. The molecule has 1 aliphatic rings. The van der Waals surface area contributed by atoms with Crippen molar-refractivity contribution in [2.45, 2.75) is 17.9 Å². The number of carbonyl (C=O) groups is 1. The third-order valence-electron chi connectivity index (χ3n) is 3.70. The van der Waals surface area contributed by atoms with E-state index in [0.29, 0.717) is 23.7 Å². The van der Waals surface area contributed by atoms with E-state index in [4.69, 9.17) is 4.74 Å². The number of sulfone groups is 1. The molecule has 1 amide bonds. The number of aromatic amines is 1. The molecule has 1 aliphatic heterocycles. The molecule has 0 aromatic carbocycles. The summed E-state index contributed by atoms with van der Waals surface area (Å²) in [5.74, 6) is -0.120. The molecule has 0 aliphatic carbocycles. The lowest BCUT2D eigenvalue weighted by Gasteiger charge is -2.35. The topological polar surface area (TPSA) is 92.4 Å². The Morgan fingerprint density at radius 1 is 1.52 bits per heavy atom. The van der Waals surface area contributed by atoms with Crippen LogP contribution in [0.1, 0.15) is 27.0 Å². The van der Waals surface area contributed by atoms with Crippen molar-refractivity contribution < 1.29 is 17.9 Å². The molecule has 0 radical (unpaired) electrons. The Kier molecular flexibility index (Phi) is 4.26. The van der Waals surface area contributed by atoms with Crippen LogP contribution < -0.4 is 0 Å². The van der Waals surface area contributed by atoms with Crippen molar-refractivity contribution in [1.82, 2.24) is 15.1 Å². The van der Waals surface area contributed by atoms with Crippen molar-refractivity contribution >= 4 is 27.1 Å². The van der Waals surface area contributed by atoms with E-state index in [0.717, 1.165) is 11.8 Å². The standard InChI is InChI=1S/C14H17N3O4S2/c1-9-5-11(22-8-9)14(18)17-3-4-21-7-10(17)13-12(6-15-16-13)23(2,19)20/h5-6,8,10H,3-4,7H2,1-2H3,(H,15,16). The summed E-state index contributed by atoms with van der Waals surface area (Å²) in [5.41, 5.74) is 1.43. The number of nitrogens with one attached hydrogen (secondary N) is 1. The van der Waals surface area contributed by atoms with Gasteiger partial charge in [0.15, 0.2) is 9.84 Å². The number of rotatable bonds is 3. The number of amides is 1. The van der Waals surface area contributed by atoms with E-state index in [1.807, 2.05) is 18.4 Å². The second kappa shape index (κ2) is 6.06.